The van der Waals surface area contributed by atoms with Gasteiger partial charge in [-0.2, -0.15) is 13.2 Å². The van der Waals surface area contributed by atoms with E-state index < -0.39 is 23.8 Å². The average Bonchev–Trinajstić information content (AvgIpc) is 2.69. The molecule has 0 bridgehead atoms. The highest BCUT2D eigenvalue weighted by Gasteiger charge is 2.36. The van der Waals surface area contributed by atoms with Gasteiger partial charge in [0.15, 0.2) is 5.96 Å². The van der Waals surface area contributed by atoms with Gasteiger partial charge in [-0.15, -0.1) is 0 Å². The van der Waals surface area contributed by atoms with Crippen molar-refractivity contribution in [3.8, 4) is 0 Å². The van der Waals surface area contributed by atoms with Crippen molar-refractivity contribution in [2.45, 2.75) is 38.9 Å². The van der Waals surface area contributed by atoms with Crippen LogP contribution in [0, 0.1) is 0 Å². The number of esters is 1. The van der Waals surface area contributed by atoms with Crippen LogP contribution >= 0.6 is 0 Å². The van der Waals surface area contributed by atoms with Crippen molar-refractivity contribution in [3.63, 3.8) is 0 Å². The lowest BCUT2D eigenvalue weighted by molar-refractivity contribution is -0.137. The molecule has 0 unspecified atom stereocenters. The van der Waals surface area contributed by atoms with Crippen molar-refractivity contribution in [1.82, 2.24) is 10.2 Å². The van der Waals surface area contributed by atoms with Crippen molar-refractivity contribution in [2.24, 2.45) is 4.99 Å². The molecule has 0 saturated carbocycles. The van der Waals surface area contributed by atoms with Crippen LogP contribution < -0.4 is 5.32 Å². The van der Waals surface area contributed by atoms with Crippen LogP contribution in [0.25, 0.3) is 0 Å². The van der Waals surface area contributed by atoms with Crippen LogP contribution in [-0.4, -0.2) is 48.7 Å². The van der Waals surface area contributed by atoms with Crippen LogP contribution in [0.3, 0.4) is 0 Å². The molecule has 1 aromatic carbocycles. The second-order valence-electron chi connectivity index (χ2n) is 6.57. The molecule has 29 heavy (non-hydrogen) atoms. The summed E-state index contributed by atoms with van der Waals surface area (Å²) in [5.74, 6) is -0.145. The Morgan fingerprint density at radius 1 is 1.34 bits per heavy atom. The number of alkyl halides is 3. The number of carbonyl (C=O) groups is 1. The van der Waals surface area contributed by atoms with Crippen molar-refractivity contribution in [2.75, 3.05) is 26.8 Å². The quantitative estimate of drug-likeness (QED) is 0.530. The van der Waals surface area contributed by atoms with Crippen LogP contribution in [0.2, 0.25) is 0 Å². The number of nitrogens with one attached hydrogen (secondary N) is 1. The predicted molar refractivity (Wildman–Crippen MR) is 103 cm³/mol. The van der Waals surface area contributed by atoms with Crippen LogP contribution in [-0.2, 0) is 15.7 Å². The zero-order valence-electron chi connectivity index (χ0n) is 16.7. The first-order valence-electron chi connectivity index (χ1n) is 9.40. The summed E-state index contributed by atoms with van der Waals surface area (Å²) in [5.41, 5.74) is 0.306. The van der Waals surface area contributed by atoms with Gasteiger partial charge in [0.1, 0.15) is 0 Å². The van der Waals surface area contributed by atoms with Gasteiger partial charge in [-0.3, -0.25) is 4.99 Å². The molecule has 1 atom stereocenters. The number of aliphatic imine (C=N–C) groups is 1. The Hall–Kier alpha value is -2.55. The van der Waals surface area contributed by atoms with Gasteiger partial charge in [-0.25, -0.2) is 4.79 Å². The largest absolute Gasteiger partial charge is 0.466 e. The second-order valence-corrected chi connectivity index (χ2v) is 6.57. The molecule has 1 heterocycles. The molecule has 2 N–H and O–H groups in total. The van der Waals surface area contributed by atoms with Crippen molar-refractivity contribution in [3.05, 3.63) is 46.7 Å². The van der Waals surface area contributed by atoms with Gasteiger partial charge in [0.05, 0.1) is 24.3 Å². The van der Waals surface area contributed by atoms with E-state index in [1.54, 1.807) is 11.8 Å². The lowest BCUT2D eigenvalue weighted by Crippen LogP contribution is -2.49. The van der Waals surface area contributed by atoms with Gasteiger partial charge in [0.25, 0.3) is 0 Å². The monoisotopic (exact) mass is 413 g/mol. The number of rotatable bonds is 7. The van der Waals surface area contributed by atoms with Gasteiger partial charge in [0, 0.05) is 25.4 Å². The molecule has 2 rings (SSSR count). The molecule has 0 aliphatic carbocycles. The molecular formula is C20H26F3N3O3. The molecule has 0 spiro atoms. The summed E-state index contributed by atoms with van der Waals surface area (Å²) >= 11 is 0. The number of hydrogen-bond donors (Lipinski definition) is 2. The van der Waals surface area contributed by atoms with Crippen LogP contribution in [0.4, 0.5) is 13.2 Å². The van der Waals surface area contributed by atoms with Crippen LogP contribution in [0.1, 0.15) is 43.9 Å². The number of methoxy groups -OCH3 is 1. The zero-order valence-corrected chi connectivity index (χ0v) is 16.7. The van der Waals surface area contributed by atoms with E-state index in [9.17, 15) is 18.0 Å². The topological polar surface area (TPSA) is 74.2 Å². The summed E-state index contributed by atoms with van der Waals surface area (Å²) in [7, 11) is 1.24. The maximum Gasteiger partial charge on any atom is 0.416 e. The SMILES string of the molecule is CCN1C(=NCCCCO)N[C@@H](c2cccc(C(F)(F)F)c2)C(C(=O)OC)=C1C. The number of unbranched alkanes of at least 4 members (excludes halogenated alkanes) is 1. The Labute approximate surface area is 168 Å². The van der Waals surface area contributed by atoms with Crippen molar-refractivity contribution < 1.29 is 27.8 Å². The third-order valence-electron chi connectivity index (χ3n) is 4.71. The van der Waals surface area contributed by atoms with E-state index in [0.29, 0.717) is 43.2 Å². The first-order valence-corrected chi connectivity index (χ1v) is 9.40. The van der Waals surface area contributed by atoms with Gasteiger partial charge in [0.2, 0.25) is 0 Å². The van der Waals surface area contributed by atoms with Gasteiger partial charge >= 0.3 is 12.1 Å². The molecule has 0 saturated heterocycles. The normalized spacial score (nSPS) is 18.8. The molecule has 1 aliphatic rings. The number of aliphatic hydroxyl groups is 1. The molecule has 9 heteroatoms. The summed E-state index contributed by atoms with van der Waals surface area (Å²) in [5, 5.41) is 12.0. The van der Waals surface area contributed by atoms with E-state index in [0.717, 1.165) is 12.1 Å². The molecule has 0 fully saturated rings. The Bertz CT molecular complexity index is 791. The van der Waals surface area contributed by atoms with Gasteiger partial charge in [-0.05, 0) is 44.4 Å². The van der Waals surface area contributed by atoms with E-state index >= 15 is 0 Å². The number of nitrogens with zero attached hydrogens (tertiary/aromatic N) is 2. The minimum Gasteiger partial charge on any atom is -0.466 e. The molecule has 1 aromatic rings. The Kier molecular flexibility index (Phi) is 7.66. The maximum absolute atomic E-state index is 13.2. The lowest BCUT2D eigenvalue weighted by atomic mass is 9.93. The molecule has 6 nitrogen and oxygen atoms in total. The maximum atomic E-state index is 13.2. The standard InChI is InChI=1S/C20H26F3N3O3/c1-4-26-13(2)16(18(28)29-3)17(25-19(26)24-10-5-6-11-27)14-8-7-9-15(12-14)20(21,22)23/h7-9,12,17,27H,4-6,10-11H2,1-3H3,(H,24,25)/t17-/m0/s1. The van der Waals surface area contributed by atoms with Gasteiger partial charge < -0.3 is 20.1 Å². The fourth-order valence-electron chi connectivity index (χ4n) is 3.24. The van der Waals surface area contributed by atoms with Crippen LogP contribution in [0.5, 0.6) is 0 Å². The molecule has 0 radical (unpaired) electrons. The summed E-state index contributed by atoms with van der Waals surface area (Å²) in [4.78, 5) is 18.8. The first kappa shape index (κ1) is 22.7. The zero-order chi connectivity index (χ0) is 21.6. The number of allylic oxidation sites excluding steroid dienone is 1. The van der Waals surface area contributed by atoms with E-state index in [-0.39, 0.29) is 12.2 Å². The molecule has 0 amide bonds. The smallest absolute Gasteiger partial charge is 0.416 e. The van der Waals surface area contributed by atoms with E-state index in [2.05, 4.69) is 10.3 Å². The van der Waals surface area contributed by atoms with E-state index in [1.807, 2.05) is 6.92 Å². The van der Waals surface area contributed by atoms with E-state index in [4.69, 9.17) is 9.84 Å². The summed E-state index contributed by atoms with van der Waals surface area (Å²) in [6.07, 6.45) is -3.23. The number of carbonyl (C=O) groups excluding carboxylic acids is 1. The number of benzene rings is 1. The second kappa shape index (κ2) is 9.78. The van der Waals surface area contributed by atoms with Crippen molar-refractivity contribution in [1.29, 1.82) is 0 Å². The lowest BCUT2D eigenvalue weighted by Gasteiger charge is -2.37. The fourth-order valence-corrected chi connectivity index (χ4v) is 3.24. The Morgan fingerprint density at radius 2 is 2.07 bits per heavy atom. The summed E-state index contributed by atoms with van der Waals surface area (Å²) in [6.45, 7) is 4.62. The number of hydrogen-bond acceptors (Lipinski definition) is 4. The average molecular weight is 413 g/mol. The minimum absolute atomic E-state index is 0.0635. The number of ether oxygens (including phenoxy) is 1. The third-order valence-corrected chi connectivity index (χ3v) is 4.71. The number of guanidine groups is 1. The highest BCUT2D eigenvalue weighted by molar-refractivity contribution is 5.96. The highest BCUT2D eigenvalue weighted by Crippen LogP contribution is 2.35. The van der Waals surface area contributed by atoms with Gasteiger partial charge in [-0.1, -0.05) is 12.1 Å². The number of aliphatic hydroxyl groups excluding tert-OH is 1. The van der Waals surface area contributed by atoms with Crippen molar-refractivity contribution >= 4 is 11.9 Å². The molecule has 1 aliphatic heterocycles. The minimum atomic E-state index is -4.49. The van der Waals surface area contributed by atoms with Crippen LogP contribution in [0.15, 0.2) is 40.5 Å². The summed E-state index contributed by atoms with van der Waals surface area (Å²) in [6, 6.07) is 4.04. The fraction of sp³-hybridized carbons (Fsp3) is 0.500. The van der Waals surface area contributed by atoms with E-state index in [1.165, 1.54) is 19.2 Å². The highest BCUT2D eigenvalue weighted by atomic mass is 19.4. The summed E-state index contributed by atoms with van der Waals surface area (Å²) < 4.78 is 44.5. The third kappa shape index (κ3) is 5.29. The molecule has 160 valence electrons. The Morgan fingerprint density at radius 3 is 2.66 bits per heavy atom. The Balaban J connectivity index is 2.52. The first-order chi connectivity index (χ1) is 13.7. The number of halogens is 3. The predicted octanol–water partition coefficient (Wildman–Crippen LogP) is 3.25. The molecule has 0 aromatic heterocycles. The molecular weight excluding hydrogens is 387 g/mol.